The monoisotopic (exact) mass is 278 g/mol. The summed E-state index contributed by atoms with van der Waals surface area (Å²) in [5.41, 5.74) is 0.702. The Balaban J connectivity index is 2.37. The van der Waals surface area contributed by atoms with Gasteiger partial charge in [0.15, 0.2) is 5.69 Å². The Bertz CT molecular complexity index is 422. The van der Waals surface area contributed by atoms with E-state index in [1.807, 2.05) is 0 Å². The van der Waals surface area contributed by atoms with Crippen LogP contribution in [0.15, 0.2) is 12.1 Å². The van der Waals surface area contributed by atoms with Crippen molar-refractivity contribution in [3.05, 3.63) is 17.8 Å². The molecule has 0 spiro atoms. The molecule has 20 heavy (non-hydrogen) atoms. The van der Waals surface area contributed by atoms with Gasteiger partial charge in [-0.05, 0) is 36.3 Å². The van der Waals surface area contributed by atoms with Gasteiger partial charge in [0.25, 0.3) is 5.91 Å². The number of carbonyl (C=O) groups excluding carboxylic acids is 1. The SMILES string of the molecule is CNC(=O)c1ccc(NCCC(C)CC(C)(C)C)nn1. The summed E-state index contributed by atoms with van der Waals surface area (Å²) in [7, 11) is 1.58. The second kappa shape index (κ2) is 7.22. The summed E-state index contributed by atoms with van der Waals surface area (Å²) in [6, 6.07) is 3.46. The fourth-order valence-corrected chi connectivity index (χ4v) is 2.27. The molecule has 0 saturated heterocycles. The van der Waals surface area contributed by atoms with Crippen LogP contribution in [0.3, 0.4) is 0 Å². The zero-order valence-corrected chi connectivity index (χ0v) is 13.2. The number of nitrogens with zero attached hydrogens (tertiary/aromatic N) is 2. The van der Waals surface area contributed by atoms with Crippen molar-refractivity contribution in [1.29, 1.82) is 0 Å². The lowest BCUT2D eigenvalue weighted by Gasteiger charge is -2.23. The molecule has 5 nitrogen and oxygen atoms in total. The van der Waals surface area contributed by atoms with E-state index in [1.54, 1.807) is 19.2 Å². The second-order valence-corrected chi connectivity index (χ2v) is 6.47. The summed E-state index contributed by atoms with van der Waals surface area (Å²) in [6.45, 7) is 9.93. The summed E-state index contributed by atoms with van der Waals surface area (Å²) >= 11 is 0. The van der Waals surface area contributed by atoms with Crippen LogP contribution >= 0.6 is 0 Å². The number of hydrogen-bond donors (Lipinski definition) is 2. The molecule has 2 N–H and O–H groups in total. The van der Waals surface area contributed by atoms with Crippen molar-refractivity contribution in [2.45, 2.75) is 40.5 Å². The molecule has 0 fully saturated rings. The fourth-order valence-electron chi connectivity index (χ4n) is 2.27. The van der Waals surface area contributed by atoms with Gasteiger partial charge in [-0.15, -0.1) is 10.2 Å². The highest BCUT2D eigenvalue weighted by molar-refractivity contribution is 5.91. The van der Waals surface area contributed by atoms with Crippen molar-refractivity contribution in [3.8, 4) is 0 Å². The molecule has 0 aliphatic heterocycles. The third-order valence-corrected chi connectivity index (χ3v) is 3.03. The molecule has 5 heteroatoms. The van der Waals surface area contributed by atoms with Crippen LogP contribution in [0.4, 0.5) is 5.82 Å². The van der Waals surface area contributed by atoms with Crippen LogP contribution in [-0.2, 0) is 0 Å². The number of hydrogen-bond acceptors (Lipinski definition) is 4. The predicted octanol–water partition coefficient (Wildman–Crippen LogP) is 2.71. The molecule has 1 aromatic rings. The van der Waals surface area contributed by atoms with Gasteiger partial charge >= 0.3 is 0 Å². The number of amides is 1. The third kappa shape index (κ3) is 5.99. The van der Waals surface area contributed by atoms with E-state index in [9.17, 15) is 4.79 Å². The number of nitrogens with one attached hydrogen (secondary N) is 2. The molecule has 0 aliphatic rings. The van der Waals surface area contributed by atoms with E-state index in [0.717, 1.165) is 13.0 Å². The van der Waals surface area contributed by atoms with Gasteiger partial charge in [0.2, 0.25) is 0 Å². The molecule has 0 bridgehead atoms. The van der Waals surface area contributed by atoms with Crippen molar-refractivity contribution >= 4 is 11.7 Å². The zero-order valence-electron chi connectivity index (χ0n) is 13.2. The Morgan fingerprint density at radius 1 is 1.30 bits per heavy atom. The lowest BCUT2D eigenvalue weighted by molar-refractivity contribution is 0.0957. The molecule has 1 heterocycles. The maximum absolute atomic E-state index is 11.3. The standard InChI is InChI=1S/C15H26N4O/c1-11(10-15(2,3)4)8-9-17-13-7-6-12(18-19-13)14(20)16-5/h6-7,11H,8-10H2,1-5H3,(H,16,20)(H,17,19). The highest BCUT2D eigenvalue weighted by Crippen LogP contribution is 2.25. The summed E-state index contributed by atoms with van der Waals surface area (Å²) in [5, 5.41) is 13.6. The molecular weight excluding hydrogens is 252 g/mol. The van der Waals surface area contributed by atoms with Gasteiger partial charge < -0.3 is 10.6 Å². The van der Waals surface area contributed by atoms with Crippen LogP contribution in [0, 0.1) is 11.3 Å². The second-order valence-electron chi connectivity index (χ2n) is 6.47. The van der Waals surface area contributed by atoms with Gasteiger partial charge in [-0.1, -0.05) is 27.7 Å². The van der Waals surface area contributed by atoms with Crippen LogP contribution in [0.1, 0.15) is 51.0 Å². The molecule has 1 unspecified atom stereocenters. The van der Waals surface area contributed by atoms with E-state index in [0.29, 0.717) is 22.8 Å². The Morgan fingerprint density at radius 3 is 2.50 bits per heavy atom. The summed E-state index contributed by atoms with van der Waals surface area (Å²) < 4.78 is 0. The minimum Gasteiger partial charge on any atom is -0.369 e. The highest BCUT2D eigenvalue weighted by Gasteiger charge is 2.14. The minimum atomic E-state index is -0.220. The molecule has 0 radical (unpaired) electrons. The molecule has 0 aromatic carbocycles. The van der Waals surface area contributed by atoms with Gasteiger partial charge in [0, 0.05) is 13.6 Å². The zero-order chi connectivity index (χ0) is 15.2. The first-order valence-corrected chi connectivity index (χ1v) is 7.11. The first-order valence-electron chi connectivity index (χ1n) is 7.11. The maximum atomic E-state index is 11.3. The quantitative estimate of drug-likeness (QED) is 0.839. The van der Waals surface area contributed by atoms with Crippen molar-refractivity contribution in [2.24, 2.45) is 11.3 Å². The summed E-state index contributed by atoms with van der Waals surface area (Å²) in [4.78, 5) is 11.3. The van der Waals surface area contributed by atoms with Gasteiger partial charge in [0.05, 0.1) is 0 Å². The van der Waals surface area contributed by atoms with E-state index in [-0.39, 0.29) is 5.91 Å². The maximum Gasteiger partial charge on any atom is 0.271 e. The van der Waals surface area contributed by atoms with Gasteiger partial charge in [-0.25, -0.2) is 0 Å². The predicted molar refractivity (Wildman–Crippen MR) is 81.8 cm³/mol. The molecule has 0 aliphatic carbocycles. The average Bonchev–Trinajstić information content (AvgIpc) is 2.36. The Kier molecular flexibility index (Phi) is 5.92. The number of aromatic nitrogens is 2. The van der Waals surface area contributed by atoms with Crippen molar-refractivity contribution in [2.75, 3.05) is 18.9 Å². The van der Waals surface area contributed by atoms with Crippen LogP contribution in [0.2, 0.25) is 0 Å². The lowest BCUT2D eigenvalue weighted by Crippen LogP contribution is -2.20. The van der Waals surface area contributed by atoms with Crippen LogP contribution in [0.25, 0.3) is 0 Å². The molecule has 0 saturated carbocycles. The number of rotatable bonds is 6. The van der Waals surface area contributed by atoms with E-state index < -0.39 is 0 Å². The molecule has 1 rings (SSSR count). The molecule has 1 atom stereocenters. The first-order chi connectivity index (χ1) is 9.31. The van der Waals surface area contributed by atoms with Crippen molar-refractivity contribution in [1.82, 2.24) is 15.5 Å². The van der Waals surface area contributed by atoms with E-state index in [4.69, 9.17) is 0 Å². The molecule has 1 aromatic heterocycles. The largest absolute Gasteiger partial charge is 0.369 e. The smallest absolute Gasteiger partial charge is 0.271 e. The molecule has 1 amide bonds. The normalized spacial score (nSPS) is 12.8. The van der Waals surface area contributed by atoms with E-state index in [1.165, 1.54) is 6.42 Å². The molecule has 112 valence electrons. The van der Waals surface area contributed by atoms with Gasteiger partial charge in [-0.3, -0.25) is 4.79 Å². The fraction of sp³-hybridized carbons (Fsp3) is 0.667. The Morgan fingerprint density at radius 2 is 2.00 bits per heavy atom. The van der Waals surface area contributed by atoms with Crippen LogP contribution in [0.5, 0.6) is 0 Å². The van der Waals surface area contributed by atoms with Crippen molar-refractivity contribution < 1.29 is 4.79 Å². The number of carbonyl (C=O) groups is 1. The first kappa shape index (κ1) is 16.4. The Hall–Kier alpha value is -1.65. The Labute approximate surface area is 121 Å². The van der Waals surface area contributed by atoms with E-state index >= 15 is 0 Å². The lowest BCUT2D eigenvalue weighted by atomic mass is 9.84. The number of anilines is 1. The van der Waals surface area contributed by atoms with E-state index in [2.05, 4.69) is 48.5 Å². The van der Waals surface area contributed by atoms with Crippen LogP contribution in [-0.4, -0.2) is 29.7 Å². The highest BCUT2D eigenvalue weighted by atomic mass is 16.1. The third-order valence-electron chi connectivity index (χ3n) is 3.03. The summed E-state index contributed by atoms with van der Waals surface area (Å²) in [5.74, 6) is 1.16. The minimum absolute atomic E-state index is 0.220. The average molecular weight is 278 g/mol. The topological polar surface area (TPSA) is 66.9 Å². The van der Waals surface area contributed by atoms with Gasteiger partial charge in [-0.2, -0.15) is 0 Å². The van der Waals surface area contributed by atoms with Crippen LogP contribution < -0.4 is 10.6 Å². The molecular formula is C15H26N4O. The van der Waals surface area contributed by atoms with Gasteiger partial charge in [0.1, 0.15) is 5.82 Å². The summed E-state index contributed by atoms with van der Waals surface area (Å²) in [6.07, 6.45) is 2.30. The van der Waals surface area contributed by atoms with Crippen molar-refractivity contribution in [3.63, 3.8) is 0 Å².